The molecule has 0 aliphatic heterocycles. The van der Waals surface area contributed by atoms with E-state index in [-0.39, 0.29) is 27.9 Å². The minimum Gasteiger partial charge on any atom is -0.463 e. The molecular formula is C11H13O4P. The minimum absolute atomic E-state index is 0.142. The first-order chi connectivity index (χ1) is 7.83. The monoisotopic (exact) mass is 240 g/mol. The van der Waals surface area contributed by atoms with Gasteiger partial charge in [0.2, 0.25) is 0 Å². The summed E-state index contributed by atoms with van der Waals surface area (Å²) in [4.78, 5) is 11.2. The highest BCUT2D eigenvalue weighted by Crippen LogP contribution is 2.03. The summed E-state index contributed by atoms with van der Waals surface area (Å²) in [6, 6.07) is 9.73. The van der Waals surface area contributed by atoms with Crippen LogP contribution in [0.15, 0.2) is 30.3 Å². The molecule has 0 spiro atoms. The highest BCUT2D eigenvalue weighted by Gasteiger charge is 2.03. The van der Waals surface area contributed by atoms with Crippen molar-refractivity contribution in [1.29, 1.82) is 0 Å². The SMILES string of the molecule is O=POCCOC(=O)CCc1ccccc1. The molecule has 0 saturated carbocycles. The standard InChI is InChI=1S/C11H13O4P/c12-11(14-8-9-15-16-13)7-6-10-4-2-1-3-5-10/h1-5H,6-9H2. The Morgan fingerprint density at radius 1 is 1.19 bits per heavy atom. The van der Waals surface area contributed by atoms with Gasteiger partial charge in [-0.05, 0) is 12.0 Å². The van der Waals surface area contributed by atoms with Gasteiger partial charge in [-0.2, -0.15) is 0 Å². The largest absolute Gasteiger partial charge is 0.463 e. The molecule has 16 heavy (non-hydrogen) atoms. The van der Waals surface area contributed by atoms with Gasteiger partial charge in [-0.25, -0.2) is 4.57 Å². The molecule has 0 fully saturated rings. The molecule has 0 aliphatic rings. The van der Waals surface area contributed by atoms with Crippen LogP contribution in [0.4, 0.5) is 0 Å². The molecule has 1 rings (SSSR count). The van der Waals surface area contributed by atoms with Gasteiger partial charge in [0, 0.05) is 6.42 Å². The van der Waals surface area contributed by atoms with Crippen LogP contribution in [0.25, 0.3) is 0 Å². The Morgan fingerprint density at radius 2 is 1.94 bits per heavy atom. The summed E-state index contributed by atoms with van der Waals surface area (Å²) in [6.07, 6.45) is 1.01. The maximum Gasteiger partial charge on any atom is 0.327 e. The lowest BCUT2D eigenvalue weighted by atomic mass is 10.1. The molecule has 5 heteroatoms. The number of ether oxygens (including phenoxy) is 1. The van der Waals surface area contributed by atoms with Crippen molar-refractivity contribution < 1.29 is 18.6 Å². The summed E-state index contributed by atoms with van der Waals surface area (Å²) in [5.41, 5.74) is 1.11. The fourth-order valence-electron chi connectivity index (χ4n) is 1.19. The fourth-order valence-corrected chi connectivity index (χ4v) is 1.34. The van der Waals surface area contributed by atoms with E-state index in [4.69, 9.17) is 4.74 Å². The lowest BCUT2D eigenvalue weighted by molar-refractivity contribution is -0.144. The van der Waals surface area contributed by atoms with Crippen LogP contribution in [-0.4, -0.2) is 19.2 Å². The van der Waals surface area contributed by atoms with Crippen LogP contribution in [0.5, 0.6) is 0 Å². The number of aryl methyl sites for hydroxylation is 1. The van der Waals surface area contributed by atoms with Gasteiger partial charge in [-0.1, -0.05) is 30.3 Å². The second-order valence-electron chi connectivity index (χ2n) is 3.11. The third-order valence-corrected chi connectivity index (χ3v) is 2.24. The van der Waals surface area contributed by atoms with Crippen LogP contribution in [0.3, 0.4) is 0 Å². The van der Waals surface area contributed by atoms with Crippen molar-refractivity contribution in [1.82, 2.24) is 0 Å². The third kappa shape index (κ3) is 5.59. The summed E-state index contributed by atoms with van der Waals surface area (Å²) in [7, 11) is -0.390. The molecule has 0 aromatic heterocycles. The molecule has 1 aromatic rings. The van der Waals surface area contributed by atoms with Crippen LogP contribution < -0.4 is 0 Å². The van der Waals surface area contributed by atoms with Gasteiger partial charge < -0.3 is 4.74 Å². The Balaban J connectivity index is 2.13. The first kappa shape index (κ1) is 12.8. The van der Waals surface area contributed by atoms with Crippen LogP contribution in [-0.2, 0) is 25.0 Å². The lowest BCUT2D eigenvalue weighted by Crippen LogP contribution is -2.09. The summed E-state index contributed by atoms with van der Waals surface area (Å²) in [5, 5.41) is 0. The smallest absolute Gasteiger partial charge is 0.327 e. The molecule has 0 bridgehead atoms. The van der Waals surface area contributed by atoms with Gasteiger partial charge in [0.25, 0.3) is 0 Å². The van der Waals surface area contributed by atoms with E-state index in [0.29, 0.717) is 12.8 Å². The minimum atomic E-state index is -0.390. The van der Waals surface area contributed by atoms with E-state index in [9.17, 15) is 9.36 Å². The molecule has 0 atom stereocenters. The maximum absolute atomic E-state index is 11.2. The summed E-state index contributed by atoms with van der Waals surface area (Å²) in [6.45, 7) is 0.297. The zero-order chi connectivity index (χ0) is 11.6. The fraction of sp³-hybridized carbons (Fsp3) is 0.364. The van der Waals surface area contributed by atoms with Gasteiger partial charge >= 0.3 is 14.7 Å². The first-order valence-corrected chi connectivity index (χ1v) is 5.70. The van der Waals surface area contributed by atoms with Crippen LogP contribution in [0, 0.1) is 0 Å². The van der Waals surface area contributed by atoms with Gasteiger partial charge in [0.15, 0.2) is 0 Å². The van der Waals surface area contributed by atoms with Crippen LogP contribution in [0.1, 0.15) is 12.0 Å². The molecule has 0 aliphatic carbocycles. The van der Waals surface area contributed by atoms with Crippen molar-refractivity contribution in [3.63, 3.8) is 0 Å². The Kier molecular flexibility index (Phi) is 6.38. The summed E-state index contributed by atoms with van der Waals surface area (Å²) >= 11 is 0. The van der Waals surface area contributed by atoms with Crippen molar-refractivity contribution in [2.45, 2.75) is 12.8 Å². The van der Waals surface area contributed by atoms with Gasteiger partial charge in [0.05, 0.1) is 6.61 Å². The Morgan fingerprint density at radius 3 is 2.62 bits per heavy atom. The lowest BCUT2D eigenvalue weighted by Gasteiger charge is -2.03. The third-order valence-electron chi connectivity index (χ3n) is 1.95. The maximum atomic E-state index is 11.2. The molecule has 0 N–H and O–H groups in total. The van der Waals surface area contributed by atoms with E-state index in [1.54, 1.807) is 0 Å². The zero-order valence-electron chi connectivity index (χ0n) is 8.80. The zero-order valence-corrected chi connectivity index (χ0v) is 9.69. The average molecular weight is 240 g/mol. The number of carbonyl (C=O) groups excluding carboxylic acids is 1. The highest BCUT2D eigenvalue weighted by atomic mass is 31.1. The number of hydrogen-bond acceptors (Lipinski definition) is 4. The molecule has 0 heterocycles. The van der Waals surface area contributed by atoms with E-state index in [1.807, 2.05) is 30.3 Å². The number of benzene rings is 1. The van der Waals surface area contributed by atoms with E-state index in [0.717, 1.165) is 5.56 Å². The van der Waals surface area contributed by atoms with Crippen molar-refractivity contribution >= 4 is 14.7 Å². The number of rotatable bonds is 7. The summed E-state index contributed by atoms with van der Waals surface area (Å²) < 4.78 is 19.2. The molecule has 0 unspecified atom stereocenters. The van der Waals surface area contributed by atoms with Crippen molar-refractivity contribution in [3.05, 3.63) is 35.9 Å². The Bertz CT molecular complexity index is 326. The molecule has 0 saturated heterocycles. The predicted octanol–water partition coefficient (Wildman–Crippen LogP) is 2.39. The van der Waals surface area contributed by atoms with Crippen LogP contribution >= 0.6 is 8.69 Å². The normalized spacial score (nSPS) is 10.2. The van der Waals surface area contributed by atoms with E-state index < -0.39 is 0 Å². The van der Waals surface area contributed by atoms with Crippen molar-refractivity contribution in [2.75, 3.05) is 13.2 Å². The molecule has 1 aromatic carbocycles. The quantitative estimate of drug-likeness (QED) is 0.417. The second kappa shape index (κ2) is 7.97. The van der Waals surface area contributed by atoms with Gasteiger partial charge in [-0.15, -0.1) is 0 Å². The second-order valence-corrected chi connectivity index (χ2v) is 3.52. The van der Waals surface area contributed by atoms with Crippen LogP contribution in [0.2, 0.25) is 0 Å². The predicted molar refractivity (Wildman–Crippen MR) is 59.3 cm³/mol. The summed E-state index contributed by atoms with van der Waals surface area (Å²) in [5.74, 6) is -0.269. The molecule has 86 valence electrons. The molecule has 0 amide bonds. The van der Waals surface area contributed by atoms with Gasteiger partial charge in [0.1, 0.15) is 6.61 Å². The van der Waals surface area contributed by atoms with Crippen molar-refractivity contribution in [3.8, 4) is 0 Å². The number of hydrogen-bond donors (Lipinski definition) is 0. The molecular weight excluding hydrogens is 227 g/mol. The Hall–Kier alpha value is -1.25. The van der Waals surface area contributed by atoms with Gasteiger partial charge in [-0.3, -0.25) is 9.32 Å². The van der Waals surface area contributed by atoms with E-state index >= 15 is 0 Å². The van der Waals surface area contributed by atoms with Crippen molar-refractivity contribution in [2.24, 2.45) is 0 Å². The number of carbonyl (C=O) groups is 1. The van der Waals surface area contributed by atoms with E-state index in [1.165, 1.54) is 0 Å². The highest BCUT2D eigenvalue weighted by molar-refractivity contribution is 7.17. The molecule has 4 nitrogen and oxygen atoms in total. The average Bonchev–Trinajstić information content (AvgIpc) is 2.33. The first-order valence-electron chi connectivity index (χ1n) is 4.97. The number of esters is 1. The topological polar surface area (TPSA) is 52.6 Å². The van der Waals surface area contributed by atoms with E-state index in [2.05, 4.69) is 4.52 Å². The Labute approximate surface area is 95.9 Å². The molecule has 0 radical (unpaired) electrons.